The van der Waals surface area contributed by atoms with Gasteiger partial charge in [0.05, 0.1) is 6.54 Å². The second kappa shape index (κ2) is 7.27. The number of pyridine rings is 1. The van der Waals surface area contributed by atoms with Gasteiger partial charge in [0, 0.05) is 44.0 Å². The van der Waals surface area contributed by atoms with Crippen molar-refractivity contribution in [1.82, 2.24) is 14.9 Å². The molecule has 2 aromatic heterocycles. The minimum absolute atomic E-state index is 0.380. The molecule has 128 valence electrons. The Balaban J connectivity index is 1.90. The second-order valence-corrected chi connectivity index (χ2v) is 6.80. The van der Waals surface area contributed by atoms with Gasteiger partial charge in [-0.25, -0.2) is 14.8 Å². The maximum Gasteiger partial charge on any atom is 0.339 e. The molecule has 2 aromatic rings. The molecule has 1 aliphatic rings. The number of hydrogen-bond acceptors (Lipinski definition) is 6. The van der Waals surface area contributed by atoms with Crippen molar-refractivity contribution in [3.63, 3.8) is 0 Å². The van der Waals surface area contributed by atoms with E-state index in [0.717, 1.165) is 55.3 Å². The Morgan fingerprint density at radius 2 is 2.17 bits per heavy atom. The van der Waals surface area contributed by atoms with Crippen LogP contribution < -0.4 is 4.90 Å². The predicted molar refractivity (Wildman–Crippen MR) is 94.7 cm³/mol. The number of carboxylic acids is 1. The Kier molecular flexibility index (Phi) is 5.11. The molecule has 3 heterocycles. The van der Waals surface area contributed by atoms with E-state index in [1.807, 2.05) is 36.5 Å². The number of rotatable bonds is 6. The fourth-order valence-corrected chi connectivity index (χ4v) is 3.89. The number of anilines is 1. The highest BCUT2D eigenvalue weighted by atomic mass is 32.1. The summed E-state index contributed by atoms with van der Waals surface area (Å²) < 4.78 is 0. The smallest absolute Gasteiger partial charge is 0.339 e. The number of hydrogen-bond donors (Lipinski definition) is 1. The van der Waals surface area contributed by atoms with Crippen LogP contribution in [0.4, 0.5) is 5.82 Å². The first kappa shape index (κ1) is 16.9. The van der Waals surface area contributed by atoms with Crippen molar-refractivity contribution in [2.75, 3.05) is 24.5 Å². The predicted octanol–water partition coefficient (Wildman–Crippen LogP) is 2.64. The van der Waals surface area contributed by atoms with Crippen LogP contribution >= 0.6 is 11.3 Å². The van der Waals surface area contributed by atoms with Crippen molar-refractivity contribution in [1.29, 1.82) is 0 Å². The summed E-state index contributed by atoms with van der Waals surface area (Å²) in [5.74, 6) is -0.283. The number of carboxylic acid groups (broad SMARTS) is 1. The highest BCUT2D eigenvalue weighted by Crippen LogP contribution is 2.29. The molecule has 0 radical (unpaired) electrons. The fourth-order valence-electron chi connectivity index (χ4n) is 3.23. The molecule has 0 aromatic carbocycles. The lowest BCUT2D eigenvalue weighted by molar-refractivity contribution is 0.0694. The van der Waals surface area contributed by atoms with Gasteiger partial charge in [-0.2, -0.15) is 0 Å². The SMILES string of the molecule is CCN(CC)c1ncc2c(c1C(=O)O)CCN(Cc1nccs1)C2. The number of thiazole rings is 1. The molecule has 0 bridgehead atoms. The van der Waals surface area contributed by atoms with Gasteiger partial charge in [0.2, 0.25) is 0 Å². The zero-order chi connectivity index (χ0) is 17.1. The van der Waals surface area contributed by atoms with Crippen LogP contribution in [-0.4, -0.2) is 45.6 Å². The van der Waals surface area contributed by atoms with Crippen LogP contribution in [0.5, 0.6) is 0 Å². The van der Waals surface area contributed by atoms with Crippen molar-refractivity contribution >= 4 is 23.1 Å². The average molecular weight is 346 g/mol. The Morgan fingerprint density at radius 3 is 2.79 bits per heavy atom. The highest BCUT2D eigenvalue weighted by Gasteiger charge is 2.27. The average Bonchev–Trinajstić information content (AvgIpc) is 3.08. The number of aromatic carboxylic acids is 1. The minimum Gasteiger partial charge on any atom is -0.478 e. The molecule has 0 saturated carbocycles. The lowest BCUT2D eigenvalue weighted by atomic mass is 9.96. The molecular formula is C17H22N4O2S. The standard InChI is InChI=1S/C17H22N4O2S/c1-3-21(4-2)16-15(17(22)23)13-5-7-20(10-12(13)9-19-16)11-14-18-6-8-24-14/h6,8-9H,3-5,7,10-11H2,1-2H3,(H,22,23). The van der Waals surface area contributed by atoms with Gasteiger partial charge in [0.1, 0.15) is 16.4 Å². The maximum atomic E-state index is 11.9. The molecule has 0 unspecified atom stereocenters. The summed E-state index contributed by atoms with van der Waals surface area (Å²) in [7, 11) is 0. The zero-order valence-corrected chi connectivity index (χ0v) is 14.8. The summed E-state index contributed by atoms with van der Waals surface area (Å²) in [6.45, 7) is 7.90. The van der Waals surface area contributed by atoms with Crippen LogP contribution in [0.1, 0.15) is 40.3 Å². The van der Waals surface area contributed by atoms with Crippen molar-refractivity contribution in [3.05, 3.63) is 39.5 Å². The maximum absolute atomic E-state index is 11.9. The van der Waals surface area contributed by atoms with Gasteiger partial charge >= 0.3 is 5.97 Å². The summed E-state index contributed by atoms with van der Waals surface area (Å²) in [4.78, 5) is 25.0. The third-order valence-corrected chi connectivity index (χ3v) is 5.21. The largest absolute Gasteiger partial charge is 0.478 e. The lowest BCUT2D eigenvalue weighted by Gasteiger charge is -2.31. The Morgan fingerprint density at radius 1 is 1.38 bits per heavy atom. The van der Waals surface area contributed by atoms with Gasteiger partial charge in [-0.05, 0) is 31.4 Å². The van der Waals surface area contributed by atoms with Crippen LogP contribution in [0, 0.1) is 0 Å². The van der Waals surface area contributed by atoms with E-state index in [1.165, 1.54) is 0 Å². The van der Waals surface area contributed by atoms with Gasteiger partial charge in [0.25, 0.3) is 0 Å². The first-order valence-corrected chi connectivity index (χ1v) is 9.11. The Hall–Kier alpha value is -1.99. The molecule has 1 N–H and O–H groups in total. The molecule has 0 saturated heterocycles. The van der Waals surface area contributed by atoms with E-state index in [2.05, 4.69) is 14.9 Å². The van der Waals surface area contributed by atoms with E-state index >= 15 is 0 Å². The summed E-state index contributed by atoms with van der Waals surface area (Å²) in [6.07, 6.45) is 4.40. The normalized spacial score (nSPS) is 14.4. The number of aromatic nitrogens is 2. The quantitative estimate of drug-likeness (QED) is 0.867. The topological polar surface area (TPSA) is 69.6 Å². The second-order valence-electron chi connectivity index (χ2n) is 5.82. The molecule has 3 rings (SSSR count). The Labute approximate surface area is 145 Å². The number of carbonyl (C=O) groups is 1. The van der Waals surface area contributed by atoms with Gasteiger partial charge in [-0.15, -0.1) is 11.3 Å². The summed E-state index contributed by atoms with van der Waals surface area (Å²) in [6, 6.07) is 0. The van der Waals surface area contributed by atoms with E-state index in [0.29, 0.717) is 11.4 Å². The molecule has 0 fully saturated rings. The van der Waals surface area contributed by atoms with Crippen molar-refractivity contribution in [2.45, 2.75) is 33.4 Å². The van der Waals surface area contributed by atoms with Crippen LogP contribution in [0.2, 0.25) is 0 Å². The molecular weight excluding hydrogens is 324 g/mol. The van der Waals surface area contributed by atoms with E-state index in [-0.39, 0.29) is 0 Å². The molecule has 6 nitrogen and oxygen atoms in total. The van der Waals surface area contributed by atoms with Crippen LogP contribution in [0.3, 0.4) is 0 Å². The van der Waals surface area contributed by atoms with E-state index < -0.39 is 5.97 Å². The summed E-state index contributed by atoms with van der Waals surface area (Å²) in [5.41, 5.74) is 2.34. The molecule has 7 heteroatoms. The summed E-state index contributed by atoms with van der Waals surface area (Å²) in [5, 5.41) is 12.8. The van der Waals surface area contributed by atoms with Gasteiger partial charge in [-0.3, -0.25) is 4.90 Å². The first-order chi connectivity index (χ1) is 11.6. The zero-order valence-electron chi connectivity index (χ0n) is 14.0. The number of nitrogens with zero attached hydrogens (tertiary/aromatic N) is 4. The molecule has 0 spiro atoms. The molecule has 0 atom stereocenters. The minimum atomic E-state index is -0.880. The van der Waals surface area contributed by atoms with Crippen LogP contribution in [0.15, 0.2) is 17.8 Å². The highest BCUT2D eigenvalue weighted by molar-refractivity contribution is 7.09. The molecule has 0 amide bonds. The summed E-state index contributed by atoms with van der Waals surface area (Å²) >= 11 is 1.65. The van der Waals surface area contributed by atoms with Crippen LogP contribution in [-0.2, 0) is 19.5 Å². The van der Waals surface area contributed by atoms with Crippen molar-refractivity contribution < 1.29 is 9.90 Å². The Bertz CT molecular complexity index is 714. The van der Waals surface area contributed by atoms with Crippen LogP contribution in [0.25, 0.3) is 0 Å². The third-order valence-electron chi connectivity index (χ3n) is 4.45. The number of fused-ring (bicyclic) bond motifs is 1. The fraction of sp³-hybridized carbons (Fsp3) is 0.471. The van der Waals surface area contributed by atoms with E-state index in [4.69, 9.17) is 0 Å². The lowest BCUT2D eigenvalue weighted by Crippen LogP contribution is -2.33. The van der Waals surface area contributed by atoms with Gasteiger partial charge in [-0.1, -0.05) is 0 Å². The first-order valence-electron chi connectivity index (χ1n) is 8.23. The molecule has 24 heavy (non-hydrogen) atoms. The van der Waals surface area contributed by atoms with E-state index in [1.54, 1.807) is 11.3 Å². The molecule has 1 aliphatic heterocycles. The monoisotopic (exact) mass is 346 g/mol. The van der Waals surface area contributed by atoms with Gasteiger partial charge < -0.3 is 10.0 Å². The van der Waals surface area contributed by atoms with E-state index in [9.17, 15) is 9.90 Å². The van der Waals surface area contributed by atoms with Gasteiger partial charge in [0.15, 0.2) is 0 Å². The third kappa shape index (κ3) is 3.27. The van der Waals surface area contributed by atoms with Crippen molar-refractivity contribution in [3.8, 4) is 0 Å². The molecule has 0 aliphatic carbocycles. The van der Waals surface area contributed by atoms with Crippen molar-refractivity contribution in [2.24, 2.45) is 0 Å².